The number of rotatable bonds is 6. The molecule has 0 N–H and O–H groups in total. The lowest BCUT2D eigenvalue weighted by Crippen LogP contribution is -2.50. The zero-order valence-electron chi connectivity index (χ0n) is 20.9. The number of methoxy groups -OCH3 is 1. The lowest BCUT2D eigenvalue weighted by atomic mass is 9.80. The molecule has 1 aliphatic carbocycles. The van der Waals surface area contributed by atoms with Crippen LogP contribution >= 0.6 is 11.6 Å². The lowest BCUT2D eigenvalue weighted by Gasteiger charge is -2.46. The molecule has 3 unspecified atom stereocenters. The first-order valence-corrected chi connectivity index (χ1v) is 13.3. The van der Waals surface area contributed by atoms with Gasteiger partial charge >= 0.3 is 5.97 Å². The van der Waals surface area contributed by atoms with Crippen molar-refractivity contribution in [2.75, 3.05) is 20.2 Å². The summed E-state index contributed by atoms with van der Waals surface area (Å²) in [6, 6.07) is 11.3. The number of esters is 1. The van der Waals surface area contributed by atoms with Gasteiger partial charge < -0.3 is 9.47 Å². The molecule has 0 radical (unpaired) electrons. The monoisotopic (exact) mass is 499 g/mol. The summed E-state index contributed by atoms with van der Waals surface area (Å²) in [6.07, 6.45) is 6.14. The van der Waals surface area contributed by atoms with Crippen molar-refractivity contribution in [3.8, 4) is 5.75 Å². The maximum Gasteiger partial charge on any atom is 0.309 e. The zero-order chi connectivity index (χ0) is 24.7. The molecule has 5 rings (SSSR count). The van der Waals surface area contributed by atoms with Gasteiger partial charge in [-0.1, -0.05) is 30.7 Å². The van der Waals surface area contributed by atoms with E-state index in [0.29, 0.717) is 16.5 Å². The fourth-order valence-corrected chi connectivity index (χ4v) is 6.37. The van der Waals surface area contributed by atoms with E-state index in [1.54, 1.807) is 12.1 Å². The Balaban J connectivity index is 1.30. The van der Waals surface area contributed by atoms with Gasteiger partial charge in [-0.25, -0.2) is 4.39 Å². The van der Waals surface area contributed by atoms with Crippen LogP contribution in [0.15, 0.2) is 36.4 Å². The van der Waals surface area contributed by atoms with Crippen molar-refractivity contribution in [3.63, 3.8) is 0 Å². The van der Waals surface area contributed by atoms with Gasteiger partial charge in [0.25, 0.3) is 0 Å². The summed E-state index contributed by atoms with van der Waals surface area (Å²) < 4.78 is 26.3. The van der Waals surface area contributed by atoms with Crippen LogP contribution in [0.25, 0.3) is 0 Å². The molecule has 35 heavy (non-hydrogen) atoms. The average molecular weight is 500 g/mol. The van der Waals surface area contributed by atoms with Crippen molar-refractivity contribution < 1.29 is 18.7 Å². The third-order valence-electron chi connectivity index (χ3n) is 8.56. The first kappa shape index (κ1) is 24.6. The molecular formula is C29H35ClFNO3. The third kappa shape index (κ3) is 4.95. The Morgan fingerprint density at radius 3 is 2.57 bits per heavy atom. The Hall–Kier alpha value is -2.11. The quantitative estimate of drug-likeness (QED) is 0.414. The van der Waals surface area contributed by atoms with E-state index in [0.717, 1.165) is 57.4 Å². The van der Waals surface area contributed by atoms with Gasteiger partial charge in [-0.05, 0) is 92.7 Å². The van der Waals surface area contributed by atoms with Crippen molar-refractivity contribution in [1.29, 1.82) is 0 Å². The molecule has 2 aromatic rings. The highest BCUT2D eigenvalue weighted by atomic mass is 35.5. The fourth-order valence-electron chi connectivity index (χ4n) is 6.19. The molecule has 0 amide bonds. The molecule has 1 spiro atoms. The number of hydrogen-bond acceptors (Lipinski definition) is 4. The number of carbonyl (C=O) groups excluding carboxylic acids is 1. The minimum Gasteiger partial charge on any atom is -0.487 e. The van der Waals surface area contributed by atoms with E-state index in [1.165, 1.54) is 24.3 Å². The van der Waals surface area contributed by atoms with E-state index in [1.807, 2.05) is 6.92 Å². The molecule has 1 saturated carbocycles. The molecule has 0 bridgehead atoms. The largest absolute Gasteiger partial charge is 0.487 e. The topological polar surface area (TPSA) is 38.8 Å². The minimum atomic E-state index is -0.205. The smallest absolute Gasteiger partial charge is 0.309 e. The van der Waals surface area contributed by atoms with Crippen LogP contribution in [0.1, 0.15) is 74.6 Å². The number of halogens is 2. The summed E-state index contributed by atoms with van der Waals surface area (Å²) in [7, 11) is 1.47. The molecule has 0 aromatic heterocycles. The van der Waals surface area contributed by atoms with E-state index >= 15 is 0 Å². The van der Waals surface area contributed by atoms with Crippen LogP contribution in [0, 0.1) is 17.7 Å². The van der Waals surface area contributed by atoms with Crippen LogP contribution < -0.4 is 4.74 Å². The number of carbonyl (C=O) groups is 1. The summed E-state index contributed by atoms with van der Waals surface area (Å²) in [5, 5.41) is 0.566. The summed E-state index contributed by atoms with van der Waals surface area (Å²) in [4.78, 5) is 14.7. The molecule has 3 atom stereocenters. The standard InChI is InChI=1S/C29H35ClFNO3/c1-18(28(33)34-3)27(21-5-6-21)22-7-4-20-10-11-29(35-26(20)16-22)12-14-32(15-13-29)19(2)24-17-23(30)8-9-25(24)31/h4,7-9,16-19,21,27H,5-6,10-15H2,1-3H3. The van der Waals surface area contributed by atoms with E-state index in [4.69, 9.17) is 21.1 Å². The molecule has 2 aromatic carbocycles. The highest BCUT2D eigenvalue weighted by molar-refractivity contribution is 6.30. The van der Waals surface area contributed by atoms with Gasteiger partial charge in [-0.2, -0.15) is 0 Å². The predicted molar refractivity (Wildman–Crippen MR) is 135 cm³/mol. The second kappa shape index (κ2) is 9.74. The number of ether oxygens (including phenoxy) is 2. The molecule has 3 aliphatic rings. The third-order valence-corrected chi connectivity index (χ3v) is 8.79. The predicted octanol–water partition coefficient (Wildman–Crippen LogP) is 6.70. The SMILES string of the molecule is COC(=O)C(C)C(c1ccc2c(c1)OC1(CC2)CCN(C(C)c2cc(Cl)ccc2F)CC1)C1CC1. The van der Waals surface area contributed by atoms with Crippen molar-refractivity contribution >= 4 is 17.6 Å². The highest BCUT2D eigenvalue weighted by Crippen LogP contribution is 2.49. The van der Waals surface area contributed by atoms with Gasteiger partial charge in [0.05, 0.1) is 13.0 Å². The van der Waals surface area contributed by atoms with Crippen molar-refractivity contribution in [2.24, 2.45) is 11.8 Å². The Morgan fingerprint density at radius 1 is 1.14 bits per heavy atom. The molecular weight excluding hydrogens is 465 g/mol. The number of nitrogens with zero attached hydrogens (tertiary/aromatic N) is 1. The second-order valence-corrected chi connectivity index (χ2v) is 11.1. The Kier molecular flexibility index (Phi) is 6.84. The van der Waals surface area contributed by atoms with Crippen LogP contribution in [0.3, 0.4) is 0 Å². The molecule has 4 nitrogen and oxygen atoms in total. The molecule has 2 fully saturated rings. The Bertz CT molecular complexity index is 1090. The number of hydrogen-bond donors (Lipinski definition) is 0. The van der Waals surface area contributed by atoms with Gasteiger partial charge in [0.15, 0.2) is 0 Å². The highest BCUT2D eigenvalue weighted by Gasteiger charge is 2.42. The van der Waals surface area contributed by atoms with Gasteiger partial charge in [0, 0.05) is 29.7 Å². The lowest BCUT2D eigenvalue weighted by molar-refractivity contribution is -0.145. The fraction of sp³-hybridized carbons (Fsp3) is 0.552. The summed E-state index contributed by atoms with van der Waals surface area (Å²) in [6.45, 7) is 5.74. The first-order valence-electron chi connectivity index (χ1n) is 12.9. The summed E-state index contributed by atoms with van der Waals surface area (Å²) in [5.74, 6) is 1.16. The number of aryl methyl sites for hydroxylation is 1. The van der Waals surface area contributed by atoms with E-state index in [-0.39, 0.29) is 35.3 Å². The van der Waals surface area contributed by atoms with Gasteiger partial charge in [-0.3, -0.25) is 9.69 Å². The second-order valence-electron chi connectivity index (χ2n) is 10.7. The van der Waals surface area contributed by atoms with Crippen molar-refractivity contribution in [3.05, 3.63) is 63.9 Å². The van der Waals surface area contributed by atoms with Crippen molar-refractivity contribution in [1.82, 2.24) is 4.90 Å². The molecule has 6 heteroatoms. The molecule has 188 valence electrons. The van der Waals surface area contributed by atoms with Crippen LogP contribution in [-0.4, -0.2) is 36.7 Å². The van der Waals surface area contributed by atoms with Crippen LogP contribution in [-0.2, 0) is 16.0 Å². The van der Waals surface area contributed by atoms with Crippen LogP contribution in [0.4, 0.5) is 4.39 Å². The number of fused-ring (bicyclic) bond motifs is 1. The minimum absolute atomic E-state index is 0.0346. The summed E-state index contributed by atoms with van der Waals surface area (Å²) in [5.41, 5.74) is 2.90. The number of benzene rings is 2. The number of likely N-dealkylation sites (tertiary alicyclic amines) is 1. The van der Waals surface area contributed by atoms with E-state index in [2.05, 4.69) is 30.0 Å². The van der Waals surface area contributed by atoms with Gasteiger partial charge in [0.2, 0.25) is 0 Å². The first-order chi connectivity index (χ1) is 16.8. The van der Waals surface area contributed by atoms with E-state index < -0.39 is 0 Å². The van der Waals surface area contributed by atoms with E-state index in [9.17, 15) is 9.18 Å². The molecule has 2 aliphatic heterocycles. The zero-order valence-corrected chi connectivity index (χ0v) is 21.6. The normalized spacial score (nSPS) is 22.1. The Morgan fingerprint density at radius 2 is 1.89 bits per heavy atom. The maximum absolute atomic E-state index is 14.4. The molecule has 2 heterocycles. The number of piperidine rings is 1. The summed E-state index contributed by atoms with van der Waals surface area (Å²) >= 11 is 6.14. The van der Waals surface area contributed by atoms with Gasteiger partial charge in [0.1, 0.15) is 17.2 Å². The Labute approximate surface area is 212 Å². The molecule has 1 saturated heterocycles. The van der Waals surface area contributed by atoms with Crippen molar-refractivity contribution in [2.45, 2.75) is 69.9 Å². The van der Waals surface area contributed by atoms with Gasteiger partial charge in [-0.15, -0.1) is 0 Å². The van der Waals surface area contributed by atoms with Crippen LogP contribution in [0.5, 0.6) is 5.75 Å². The van der Waals surface area contributed by atoms with Crippen LogP contribution in [0.2, 0.25) is 5.02 Å². The average Bonchev–Trinajstić information content (AvgIpc) is 3.70. The maximum atomic E-state index is 14.4.